The van der Waals surface area contributed by atoms with E-state index in [2.05, 4.69) is 11.9 Å². The summed E-state index contributed by atoms with van der Waals surface area (Å²) in [7, 11) is 0. The molecule has 2 saturated heterocycles. The summed E-state index contributed by atoms with van der Waals surface area (Å²) in [6.07, 6.45) is 3.49. The van der Waals surface area contributed by atoms with E-state index in [9.17, 15) is 19.8 Å². The fourth-order valence-corrected chi connectivity index (χ4v) is 5.33. The molecule has 2 aliphatic heterocycles. The number of Topliss-reactive ketones (excluding diaryl/α,β-unsaturated/α-hetero) is 1. The minimum Gasteiger partial charge on any atom is -0.458 e. The first kappa shape index (κ1) is 29.5. The summed E-state index contributed by atoms with van der Waals surface area (Å²) >= 11 is 0. The summed E-state index contributed by atoms with van der Waals surface area (Å²) in [6, 6.07) is 0. The molecule has 1 aromatic heterocycles. The van der Waals surface area contributed by atoms with Gasteiger partial charge < -0.3 is 29.8 Å². The van der Waals surface area contributed by atoms with Gasteiger partial charge in [0.1, 0.15) is 23.8 Å². The lowest BCUT2D eigenvalue weighted by Gasteiger charge is -2.35. The normalized spacial score (nSPS) is 36.1. The molecule has 9 nitrogen and oxygen atoms in total. The molecule has 2 fully saturated rings. The molecule has 3 heterocycles. The molecule has 0 bridgehead atoms. The number of hydrogen-bond acceptors (Lipinski definition) is 9. The first-order valence-corrected chi connectivity index (χ1v) is 13.4. The number of hydrogen-bond donors (Lipinski definition) is 3. The average Bonchev–Trinajstić information content (AvgIpc) is 3.24. The van der Waals surface area contributed by atoms with Crippen LogP contribution in [0.15, 0.2) is 16.3 Å². The number of ether oxygens (including phenoxy) is 2. The van der Waals surface area contributed by atoms with Crippen LogP contribution in [0.5, 0.6) is 0 Å². The molecule has 0 saturated carbocycles. The number of carbonyl (C=O) groups excluding carboxylic acids is 2. The number of nitrogens with two attached hydrogens (primary N) is 1. The lowest BCUT2D eigenvalue weighted by Crippen LogP contribution is -2.46. The molecule has 7 atom stereocenters. The summed E-state index contributed by atoms with van der Waals surface area (Å²) in [5.41, 5.74) is 5.36. The molecule has 0 spiro atoms. The van der Waals surface area contributed by atoms with Crippen LogP contribution in [0.25, 0.3) is 6.08 Å². The summed E-state index contributed by atoms with van der Waals surface area (Å²) in [6.45, 7) is 11.2. The van der Waals surface area contributed by atoms with Crippen LogP contribution in [0.3, 0.4) is 0 Å². The Labute approximate surface area is 219 Å². The number of aromatic nitrogens is 1. The van der Waals surface area contributed by atoms with Crippen molar-refractivity contribution in [3.05, 3.63) is 23.4 Å². The van der Waals surface area contributed by atoms with Crippen molar-refractivity contribution >= 4 is 17.8 Å². The standard InChI is InChI=1S/C28H44N2O7/c1-7-19-25(33)16(2)9-8-10-28(6)22(37-28)12-20(17(3)11-18-15-35-23(14-29)30-18)36-24(32)13-21(31)27(4,5)26(19)34/h11,15-16,19-22,25,31,33H,7-10,12-14,29H2,1-6H3/t16-,19+,20-,21-,22-,25-,28+/m0/s1. The van der Waals surface area contributed by atoms with E-state index in [4.69, 9.17) is 19.6 Å². The van der Waals surface area contributed by atoms with Crippen LogP contribution in [0.4, 0.5) is 0 Å². The largest absolute Gasteiger partial charge is 0.458 e. The molecule has 0 aromatic carbocycles. The van der Waals surface area contributed by atoms with Crippen LogP contribution in [0, 0.1) is 17.3 Å². The zero-order chi connectivity index (χ0) is 27.5. The van der Waals surface area contributed by atoms with Crippen molar-refractivity contribution in [2.75, 3.05) is 0 Å². The van der Waals surface area contributed by atoms with Crippen LogP contribution >= 0.6 is 0 Å². The molecule has 1 aromatic rings. The van der Waals surface area contributed by atoms with E-state index in [0.29, 0.717) is 24.4 Å². The van der Waals surface area contributed by atoms with Gasteiger partial charge in [-0.15, -0.1) is 0 Å². The summed E-state index contributed by atoms with van der Waals surface area (Å²) < 4.78 is 17.2. The summed E-state index contributed by atoms with van der Waals surface area (Å²) in [5.74, 6) is -1.15. The maximum atomic E-state index is 13.5. The highest BCUT2D eigenvalue weighted by Gasteiger charge is 2.53. The highest BCUT2D eigenvalue weighted by molar-refractivity contribution is 5.88. The Morgan fingerprint density at radius 2 is 1.97 bits per heavy atom. The number of cyclic esters (lactones) is 1. The molecule has 0 amide bonds. The number of epoxide rings is 1. The number of carbonyl (C=O) groups is 2. The lowest BCUT2D eigenvalue weighted by molar-refractivity contribution is -0.154. The van der Waals surface area contributed by atoms with Gasteiger partial charge in [-0.25, -0.2) is 4.98 Å². The molecular weight excluding hydrogens is 476 g/mol. The van der Waals surface area contributed by atoms with E-state index in [1.807, 2.05) is 20.8 Å². The van der Waals surface area contributed by atoms with Crippen LogP contribution in [-0.2, 0) is 25.6 Å². The molecule has 4 N–H and O–H groups in total. The Bertz CT molecular complexity index is 987. The van der Waals surface area contributed by atoms with Crippen molar-refractivity contribution in [3.63, 3.8) is 0 Å². The van der Waals surface area contributed by atoms with E-state index in [1.165, 1.54) is 6.26 Å². The highest BCUT2D eigenvalue weighted by atomic mass is 16.6. The zero-order valence-corrected chi connectivity index (χ0v) is 23.0. The fraction of sp³-hybridized carbons (Fsp3) is 0.750. The van der Waals surface area contributed by atoms with Gasteiger partial charge in [0.05, 0.1) is 42.3 Å². The smallest absolute Gasteiger partial charge is 0.309 e. The predicted octanol–water partition coefficient (Wildman–Crippen LogP) is 3.55. The van der Waals surface area contributed by atoms with E-state index < -0.39 is 35.6 Å². The summed E-state index contributed by atoms with van der Waals surface area (Å²) in [4.78, 5) is 30.8. The molecule has 3 rings (SSSR count). The first-order valence-electron chi connectivity index (χ1n) is 13.4. The lowest BCUT2D eigenvalue weighted by atomic mass is 9.71. The van der Waals surface area contributed by atoms with Crippen molar-refractivity contribution in [2.45, 2.75) is 117 Å². The van der Waals surface area contributed by atoms with E-state index >= 15 is 0 Å². The number of oxazole rings is 1. The molecule has 0 aliphatic carbocycles. The number of aliphatic hydroxyl groups is 2. The maximum Gasteiger partial charge on any atom is 0.309 e. The fourth-order valence-electron chi connectivity index (χ4n) is 5.33. The highest BCUT2D eigenvalue weighted by Crippen LogP contribution is 2.45. The van der Waals surface area contributed by atoms with Crippen molar-refractivity contribution in [1.82, 2.24) is 4.98 Å². The number of nitrogens with zero attached hydrogens (tertiary/aromatic N) is 1. The topological polar surface area (TPSA) is 148 Å². The van der Waals surface area contributed by atoms with Crippen molar-refractivity contribution in [1.29, 1.82) is 0 Å². The van der Waals surface area contributed by atoms with Gasteiger partial charge >= 0.3 is 5.97 Å². The molecule has 208 valence electrons. The minimum absolute atomic E-state index is 0.0840. The Balaban J connectivity index is 1.87. The van der Waals surface area contributed by atoms with Gasteiger partial charge in [-0.05, 0) is 50.7 Å². The number of ketones is 1. The number of fused-ring (bicyclic) bond motifs is 1. The van der Waals surface area contributed by atoms with Gasteiger partial charge in [0.15, 0.2) is 0 Å². The molecule has 37 heavy (non-hydrogen) atoms. The third kappa shape index (κ3) is 6.88. The SMILES string of the molecule is CC[C@H]1C(=O)C(C)(C)[C@@H](O)CC(=O)O[C@H](C(C)=Cc2coc(CN)n2)C[C@@H]2O[C@]2(C)CCC[C@H](C)[C@@H]1O. The second-order valence-corrected chi connectivity index (χ2v) is 11.6. The predicted molar refractivity (Wildman–Crippen MR) is 138 cm³/mol. The van der Waals surface area contributed by atoms with Gasteiger partial charge in [0.2, 0.25) is 5.89 Å². The van der Waals surface area contributed by atoms with Crippen LogP contribution in [0.2, 0.25) is 0 Å². The van der Waals surface area contributed by atoms with Gasteiger partial charge in [-0.1, -0.05) is 34.1 Å². The second kappa shape index (κ2) is 11.8. The Kier molecular flexibility index (Phi) is 9.37. The van der Waals surface area contributed by atoms with Gasteiger partial charge in [0, 0.05) is 12.3 Å². The maximum absolute atomic E-state index is 13.5. The van der Waals surface area contributed by atoms with Crippen molar-refractivity contribution in [3.8, 4) is 0 Å². The number of esters is 1. The molecular formula is C28H44N2O7. The van der Waals surface area contributed by atoms with Gasteiger partial charge in [-0.3, -0.25) is 9.59 Å². The molecule has 0 unspecified atom stereocenters. The molecule has 9 heteroatoms. The third-order valence-corrected chi connectivity index (χ3v) is 8.30. The number of rotatable bonds is 4. The van der Waals surface area contributed by atoms with E-state index in [-0.39, 0.29) is 36.4 Å². The van der Waals surface area contributed by atoms with Crippen LogP contribution in [-0.4, -0.2) is 57.0 Å². The molecule has 0 radical (unpaired) electrons. The van der Waals surface area contributed by atoms with Gasteiger partial charge in [-0.2, -0.15) is 0 Å². The quantitative estimate of drug-likeness (QED) is 0.400. The first-order chi connectivity index (χ1) is 17.3. The second-order valence-electron chi connectivity index (χ2n) is 11.6. The van der Waals surface area contributed by atoms with E-state index in [0.717, 1.165) is 24.8 Å². The van der Waals surface area contributed by atoms with E-state index in [1.54, 1.807) is 19.9 Å². The van der Waals surface area contributed by atoms with Gasteiger partial charge in [0.25, 0.3) is 0 Å². The third-order valence-electron chi connectivity index (χ3n) is 8.30. The molecule has 2 aliphatic rings. The Hall–Kier alpha value is -2.07. The zero-order valence-electron chi connectivity index (χ0n) is 23.0. The average molecular weight is 521 g/mol. The van der Waals surface area contributed by atoms with Crippen molar-refractivity contribution in [2.24, 2.45) is 23.0 Å². The minimum atomic E-state index is -1.26. The van der Waals surface area contributed by atoms with Crippen LogP contribution in [0.1, 0.15) is 91.7 Å². The van der Waals surface area contributed by atoms with Crippen LogP contribution < -0.4 is 5.73 Å². The van der Waals surface area contributed by atoms with Crippen molar-refractivity contribution < 1.29 is 33.7 Å². The Morgan fingerprint density at radius 3 is 2.59 bits per heavy atom. The Morgan fingerprint density at radius 1 is 1.27 bits per heavy atom. The monoisotopic (exact) mass is 520 g/mol. The number of aliphatic hydroxyl groups excluding tert-OH is 2. The summed E-state index contributed by atoms with van der Waals surface area (Å²) in [5, 5.41) is 22.0.